The highest BCUT2D eigenvalue weighted by Gasteiger charge is 2.25. The quantitative estimate of drug-likeness (QED) is 0.729. The number of nitrogens with zero attached hydrogens (tertiary/aromatic N) is 5. The number of aryl methyl sites for hydroxylation is 1. The fraction of sp³-hybridized carbons (Fsp3) is 0.400. The Morgan fingerprint density at radius 1 is 1.21 bits per heavy atom. The van der Waals surface area contributed by atoms with Gasteiger partial charge >= 0.3 is 0 Å². The molecule has 1 amide bonds. The van der Waals surface area contributed by atoms with Crippen molar-refractivity contribution in [3.63, 3.8) is 0 Å². The molecule has 1 fully saturated rings. The van der Waals surface area contributed by atoms with Gasteiger partial charge in [0.2, 0.25) is 5.65 Å². The van der Waals surface area contributed by atoms with E-state index in [1.807, 2.05) is 47.9 Å². The zero-order valence-corrected chi connectivity index (χ0v) is 16.1. The van der Waals surface area contributed by atoms with Gasteiger partial charge in [0.15, 0.2) is 11.9 Å². The molecular formula is C20H24N6O2. The summed E-state index contributed by atoms with van der Waals surface area (Å²) < 4.78 is 7.65. The van der Waals surface area contributed by atoms with Gasteiger partial charge in [-0.2, -0.15) is 0 Å². The molecule has 1 saturated heterocycles. The van der Waals surface area contributed by atoms with E-state index in [0.29, 0.717) is 5.75 Å². The largest absolute Gasteiger partial charge is 0.481 e. The Balaban J connectivity index is 1.33. The summed E-state index contributed by atoms with van der Waals surface area (Å²) in [7, 11) is 0. The summed E-state index contributed by atoms with van der Waals surface area (Å²) in [6, 6.07) is 9.53. The molecule has 28 heavy (non-hydrogen) atoms. The van der Waals surface area contributed by atoms with E-state index in [4.69, 9.17) is 4.74 Å². The molecule has 0 spiro atoms. The van der Waals surface area contributed by atoms with Gasteiger partial charge in [-0.25, -0.2) is 4.98 Å². The summed E-state index contributed by atoms with van der Waals surface area (Å²) in [5.74, 6) is 2.29. The SMILES string of the molecule is Cc1nnc2c(N3CCC(NC(=O)C(C)Oc4ccccc4)CC3)nccn12. The summed E-state index contributed by atoms with van der Waals surface area (Å²) in [4.78, 5) is 19.2. The number of hydrogen-bond acceptors (Lipinski definition) is 6. The summed E-state index contributed by atoms with van der Waals surface area (Å²) in [6.07, 6.45) is 4.80. The highest BCUT2D eigenvalue weighted by atomic mass is 16.5. The number of benzene rings is 1. The number of nitrogens with one attached hydrogen (secondary N) is 1. The molecule has 0 aliphatic carbocycles. The third-order valence-electron chi connectivity index (χ3n) is 5.04. The smallest absolute Gasteiger partial charge is 0.260 e. The van der Waals surface area contributed by atoms with Crippen LogP contribution in [0.4, 0.5) is 5.82 Å². The highest BCUT2D eigenvalue weighted by Crippen LogP contribution is 2.22. The number of ether oxygens (including phenoxy) is 1. The number of carbonyl (C=O) groups excluding carboxylic acids is 1. The first-order chi connectivity index (χ1) is 13.6. The molecular weight excluding hydrogens is 356 g/mol. The minimum Gasteiger partial charge on any atom is -0.481 e. The van der Waals surface area contributed by atoms with Crippen LogP contribution in [0, 0.1) is 6.92 Å². The van der Waals surface area contributed by atoms with E-state index >= 15 is 0 Å². The van der Waals surface area contributed by atoms with Crippen molar-refractivity contribution in [3.8, 4) is 5.75 Å². The summed E-state index contributed by atoms with van der Waals surface area (Å²) >= 11 is 0. The van der Waals surface area contributed by atoms with Gasteiger partial charge in [-0.15, -0.1) is 10.2 Å². The Labute approximate surface area is 163 Å². The Kier molecular flexibility index (Phi) is 5.10. The van der Waals surface area contributed by atoms with E-state index in [-0.39, 0.29) is 11.9 Å². The molecule has 0 radical (unpaired) electrons. The Morgan fingerprint density at radius 2 is 1.96 bits per heavy atom. The van der Waals surface area contributed by atoms with Crippen molar-refractivity contribution in [2.24, 2.45) is 0 Å². The van der Waals surface area contributed by atoms with Gasteiger partial charge in [0.05, 0.1) is 0 Å². The fourth-order valence-electron chi connectivity index (χ4n) is 3.46. The molecule has 4 rings (SSSR count). The van der Waals surface area contributed by atoms with Gasteiger partial charge < -0.3 is 15.0 Å². The Hall–Kier alpha value is -3.16. The zero-order chi connectivity index (χ0) is 19.5. The lowest BCUT2D eigenvalue weighted by atomic mass is 10.0. The van der Waals surface area contributed by atoms with Gasteiger partial charge in [0.1, 0.15) is 11.6 Å². The molecule has 1 unspecified atom stereocenters. The van der Waals surface area contributed by atoms with E-state index in [1.54, 1.807) is 13.1 Å². The van der Waals surface area contributed by atoms with E-state index < -0.39 is 6.10 Å². The number of hydrogen-bond donors (Lipinski definition) is 1. The van der Waals surface area contributed by atoms with Crippen LogP contribution in [0.25, 0.3) is 5.65 Å². The predicted molar refractivity (Wildman–Crippen MR) is 105 cm³/mol. The summed E-state index contributed by atoms with van der Waals surface area (Å²) in [5.41, 5.74) is 0.771. The van der Waals surface area contributed by atoms with Crippen LogP contribution in [0.15, 0.2) is 42.7 Å². The summed E-state index contributed by atoms with van der Waals surface area (Å²) in [5, 5.41) is 11.5. The van der Waals surface area contributed by atoms with Crippen molar-refractivity contribution < 1.29 is 9.53 Å². The van der Waals surface area contributed by atoms with Crippen molar-refractivity contribution in [3.05, 3.63) is 48.5 Å². The minimum absolute atomic E-state index is 0.0874. The number of fused-ring (bicyclic) bond motifs is 1. The van der Waals surface area contributed by atoms with Gasteiger partial charge in [-0.1, -0.05) is 18.2 Å². The third kappa shape index (κ3) is 3.76. The van der Waals surface area contributed by atoms with Crippen LogP contribution in [-0.2, 0) is 4.79 Å². The summed E-state index contributed by atoms with van der Waals surface area (Å²) in [6.45, 7) is 5.30. The van der Waals surface area contributed by atoms with Crippen molar-refractivity contribution in [1.82, 2.24) is 24.9 Å². The van der Waals surface area contributed by atoms with E-state index in [1.165, 1.54) is 0 Å². The van der Waals surface area contributed by atoms with Crippen molar-refractivity contribution in [2.75, 3.05) is 18.0 Å². The van der Waals surface area contributed by atoms with Crippen LogP contribution < -0.4 is 15.0 Å². The zero-order valence-electron chi connectivity index (χ0n) is 16.1. The molecule has 3 heterocycles. The molecule has 2 aromatic heterocycles. The predicted octanol–water partition coefficient (Wildman–Crippen LogP) is 1.99. The molecule has 0 saturated carbocycles. The standard InChI is InChI=1S/C20H24N6O2/c1-14(28-17-6-4-3-5-7-17)20(27)22-16-8-11-25(12-9-16)18-19-24-23-15(2)26(19)13-10-21-18/h3-7,10,13-14,16H,8-9,11-12H2,1-2H3,(H,22,27). The highest BCUT2D eigenvalue weighted by molar-refractivity contribution is 5.81. The van der Waals surface area contributed by atoms with Crippen LogP contribution in [0.5, 0.6) is 5.75 Å². The second-order valence-corrected chi connectivity index (χ2v) is 7.03. The van der Waals surface area contributed by atoms with Gasteiger partial charge in [-0.3, -0.25) is 9.20 Å². The van der Waals surface area contributed by atoms with E-state index in [9.17, 15) is 4.79 Å². The lowest BCUT2D eigenvalue weighted by Crippen LogP contribution is -2.48. The molecule has 3 aromatic rings. The number of amides is 1. The number of piperidine rings is 1. The average Bonchev–Trinajstić information content (AvgIpc) is 3.10. The number of aromatic nitrogens is 4. The molecule has 8 heteroatoms. The van der Waals surface area contributed by atoms with Crippen LogP contribution in [-0.4, -0.2) is 50.7 Å². The van der Waals surface area contributed by atoms with Crippen molar-refractivity contribution >= 4 is 17.4 Å². The van der Waals surface area contributed by atoms with Gasteiger partial charge in [0.25, 0.3) is 5.91 Å². The maximum absolute atomic E-state index is 12.5. The molecule has 1 aromatic carbocycles. The van der Waals surface area contributed by atoms with Crippen LogP contribution >= 0.6 is 0 Å². The van der Waals surface area contributed by atoms with Gasteiger partial charge in [-0.05, 0) is 38.8 Å². The normalized spacial score (nSPS) is 16.1. The Bertz CT molecular complexity index is 950. The maximum atomic E-state index is 12.5. The molecule has 0 bridgehead atoms. The van der Waals surface area contributed by atoms with E-state index in [2.05, 4.69) is 25.4 Å². The van der Waals surface area contributed by atoms with Crippen molar-refractivity contribution in [1.29, 1.82) is 0 Å². The lowest BCUT2D eigenvalue weighted by molar-refractivity contribution is -0.128. The third-order valence-corrected chi connectivity index (χ3v) is 5.04. The molecule has 1 aliphatic rings. The topological polar surface area (TPSA) is 84.7 Å². The average molecular weight is 380 g/mol. The second kappa shape index (κ2) is 7.84. The molecule has 8 nitrogen and oxygen atoms in total. The first-order valence-corrected chi connectivity index (χ1v) is 9.55. The molecule has 1 N–H and O–H groups in total. The number of carbonyl (C=O) groups is 1. The number of anilines is 1. The maximum Gasteiger partial charge on any atom is 0.260 e. The van der Waals surface area contributed by atoms with Crippen molar-refractivity contribution in [2.45, 2.75) is 38.8 Å². The fourth-order valence-corrected chi connectivity index (χ4v) is 3.46. The molecule has 1 aliphatic heterocycles. The monoisotopic (exact) mass is 380 g/mol. The number of para-hydroxylation sites is 1. The van der Waals surface area contributed by atoms with Crippen LogP contribution in [0.3, 0.4) is 0 Å². The first kappa shape index (κ1) is 18.2. The minimum atomic E-state index is -0.533. The van der Waals surface area contributed by atoms with Crippen LogP contribution in [0.2, 0.25) is 0 Å². The second-order valence-electron chi connectivity index (χ2n) is 7.03. The molecule has 1 atom stereocenters. The Morgan fingerprint density at radius 3 is 2.71 bits per heavy atom. The van der Waals surface area contributed by atoms with Gasteiger partial charge in [0, 0.05) is 31.5 Å². The van der Waals surface area contributed by atoms with E-state index in [0.717, 1.165) is 43.2 Å². The first-order valence-electron chi connectivity index (χ1n) is 9.55. The lowest BCUT2D eigenvalue weighted by Gasteiger charge is -2.33. The van der Waals surface area contributed by atoms with Crippen LogP contribution in [0.1, 0.15) is 25.6 Å². The number of rotatable bonds is 5. The molecule has 146 valence electrons.